The van der Waals surface area contributed by atoms with Gasteiger partial charge in [-0.1, -0.05) is 55.5 Å². The molecule has 176 valence electrons. The van der Waals surface area contributed by atoms with Gasteiger partial charge in [0.25, 0.3) is 0 Å². The van der Waals surface area contributed by atoms with Crippen molar-refractivity contribution in [2.24, 2.45) is 0 Å². The van der Waals surface area contributed by atoms with Gasteiger partial charge in [0.1, 0.15) is 5.82 Å². The monoisotopic (exact) mass is 490 g/mol. The van der Waals surface area contributed by atoms with E-state index >= 15 is 0 Å². The second-order valence-corrected chi connectivity index (χ2v) is 11.4. The topological polar surface area (TPSA) is 83.5 Å². The summed E-state index contributed by atoms with van der Waals surface area (Å²) in [6.07, 6.45) is 0.621. The molecule has 0 aromatic heterocycles. The molecule has 0 fully saturated rings. The second kappa shape index (κ2) is 10.6. The number of sulfonamides is 2. The summed E-state index contributed by atoms with van der Waals surface area (Å²) in [6, 6.07) is 19.8. The van der Waals surface area contributed by atoms with Gasteiger partial charge in [-0.2, -0.15) is 4.31 Å². The molecule has 33 heavy (non-hydrogen) atoms. The third-order valence-corrected chi connectivity index (χ3v) is 8.66. The molecule has 0 unspecified atom stereocenters. The smallest absolute Gasteiger partial charge is 0.208 e. The quantitative estimate of drug-likeness (QED) is 0.460. The average molecular weight is 491 g/mol. The zero-order valence-corrected chi connectivity index (χ0v) is 20.1. The maximum atomic E-state index is 14.3. The maximum absolute atomic E-state index is 14.3. The first kappa shape index (κ1) is 25.0. The highest BCUT2D eigenvalue weighted by molar-refractivity contribution is 7.89. The van der Waals surface area contributed by atoms with Gasteiger partial charge in [0.15, 0.2) is 0 Å². The van der Waals surface area contributed by atoms with Gasteiger partial charge in [-0.15, -0.1) is 0 Å². The van der Waals surface area contributed by atoms with Crippen LogP contribution in [0.25, 0.3) is 0 Å². The SMILES string of the molecule is CC[C@@H](C)NS(=O)(=O)c1ccc(S(=O)(=O)N(Cc2ccccc2)Cc2ccccc2F)cc1. The number of benzene rings is 3. The molecule has 1 N–H and O–H groups in total. The number of rotatable bonds is 10. The van der Waals surface area contributed by atoms with E-state index in [1.165, 1.54) is 34.6 Å². The van der Waals surface area contributed by atoms with Crippen molar-refractivity contribution in [2.75, 3.05) is 0 Å². The first-order valence-corrected chi connectivity index (χ1v) is 13.5. The van der Waals surface area contributed by atoms with Crippen molar-refractivity contribution in [3.8, 4) is 0 Å². The van der Waals surface area contributed by atoms with Crippen LogP contribution in [0.4, 0.5) is 4.39 Å². The highest BCUT2D eigenvalue weighted by atomic mass is 32.2. The highest BCUT2D eigenvalue weighted by Gasteiger charge is 2.27. The minimum atomic E-state index is -4.05. The van der Waals surface area contributed by atoms with Crippen LogP contribution in [0.5, 0.6) is 0 Å². The summed E-state index contributed by atoms with van der Waals surface area (Å²) >= 11 is 0. The van der Waals surface area contributed by atoms with Gasteiger partial charge in [0, 0.05) is 24.7 Å². The van der Waals surface area contributed by atoms with Crippen molar-refractivity contribution >= 4 is 20.0 Å². The fraction of sp³-hybridized carbons (Fsp3) is 0.250. The van der Waals surface area contributed by atoms with E-state index in [2.05, 4.69) is 4.72 Å². The summed E-state index contributed by atoms with van der Waals surface area (Å²) in [7, 11) is -7.82. The van der Waals surface area contributed by atoms with Gasteiger partial charge in [0.05, 0.1) is 9.79 Å². The Kier molecular flexibility index (Phi) is 8.01. The fourth-order valence-electron chi connectivity index (χ4n) is 3.19. The van der Waals surface area contributed by atoms with Gasteiger partial charge >= 0.3 is 0 Å². The van der Waals surface area contributed by atoms with Crippen LogP contribution in [-0.4, -0.2) is 27.2 Å². The Labute approximate surface area is 195 Å². The summed E-state index contributed by atoms with van der Waals surface area (Å²) in [5, 5.41) is 0. The molecule has 0 radical (unpaired) electrons. The summed E-state index contributed by atoms with van der Waals surface area (Å²) in [5.41, 5.74) is 0.989. The molecule has 1 atom stereocenters. The lowest BCUT2D eigenvalue weighted by Gasteiger charge is -2.23. The Morgan fingerprint density at radius 3 is 2.00 bits per heavy atom. The van der Waals surface area contributed by atoms with Crippen molar-refractivity contribution in [1.82, 2.24) is 9.03 Å². The van der Waals surface area contributed by atoms with E-state index < -0.39 is 25.9 Å². The van der Waals surface area contributed by atoms with E-state index in [0.717, 1.165) is 5.56 Å². The molecular weight excluding hydrogens is 463 g/mol. The predicted octanol–water partition coefficient (Wildman–Crippen LogP) is 4.29. The molecule has 0 bridgehead atoms. The highest BCUT2D eigenvalue weighted by Crippen LogP contribution is 2.23. The number of nitrogens with one attached hydrogen (secondary N) is 1. The Bertz CT molecular complexity index is 1280. The zero-order valence-electron chi connectivity index (χ0n) is 18.5. The molecule has 9 heteroatoms. The van der Waals surface area contributed by atoms with Crippen molar-refractivity contribution in [1.29, 1.82) is 0 Å². The normalized spacial score (nSPS) is 13.2. The Hall–Kier alpha value is -2.59. The molecule has 6 nitrogen and oxygen atoms in total. The third-order valence-electron chi connectivity index (χ3n) is 5.25. The standard InChI is InChI=1S/C24H27FN2O4S2/c1-3-19(2)26-32(28,29)22-13-15-23(16-14-22)33(30,31)27(17-20-9-5-4-6-10-20)18-21-11-7-8-12-24(21)25/h4-16,19,26H,3,17-18H2,1-2H3/t19-/m1/s1. The Morgan fingerprint density at radius 2 is 1.39 bits per heavy atom. The van der Waals surface area contributed by atoms with E-state index in [0.29, 0.717) is 6.42 Å². The molecule has 0 spiro atoms. The van der Waals surface area contributed by atoms with Crippen LogP contribution in [0.15, 0.2) is 88.7 Å². The first-order valence-electron chi connectivity index (χ1n) is 10.5. The van der Waals surface area contributed by atoms with Gasteiger partial charge in [-0.3, -0.25) is 0 Å². The molecule has 0 amide bonds. The van der Waals surface area contributed by atoms with E-state index in [9.17, 15) is 21.2 Å². The van der Waals surface area contributed by atoms with Crippen LogP contribution >= 0.6 is 0 Å². The number of hydrogen-bond acceptors (Lipinski definition) is 4. The summed E-state index contributed by atoms with van der Waals surface area (Å²) in [5.74, 6) is -0.497. The predicted molar refractivity (Wildman–Crippen MR) is 126 cm³/mol. The number of hydrogen-bond donors (Lipinski definition) is 1. The molecular formula is C24H27FN2O4S2. The molecule has 3 aromatic carbocycles. The lowest BCUT2D eigenvalue weighted by Crippen LogP contribution is -2.32. The van der Waals surface area contributed by atoms with Gasteiger partial charge in [0.2, 0.25) is 20.0 Å². The Morgan fingerprint density at radius 1 is 0.818 bits per heavy atom. The molecule has 0 saturated heterocycles. The van der Waals surface area contributed by atoms with Gasteiger partial charge in [-0.05, 0) is 49.2 Å². The van der Waals surface area contributed by atoms with Crippen molar-refractivity contribution in [2.45, 2.75) is 49.2 Å². The Balaban J connectivity index is 1.94. The molecule has 0 heterocycles. The van der Waals surface area contributed by atoms with Crippen LogP contribution < -0.4 is 4.72 Å². The van der Waals surface area contributed by atoms with E-state index in [-0.39, 0.29) is 34.5 Å². The number of halogens is 1. The van der Waals surface area contributed by atoms with Crippen LogP contribution in [0, 0.1) is 5.82 Å². The fourth-order valence-corrected chi connectivity index (χ4v) is 5.92. The molecule has 0 saturated carbocycles. The maximum Gasteiger partial charge on any atom is 0.243 e. The van der Waals surface area contributed by atoms with Gasteiger partial charge in [-0.25, -0.2) is 25.9 Å². The zero-order chi connectivity index (χ0) is 24.1. The van der Waals surface area contributed by atoms with E-state index in [1.54, 1.807) is 49.4 Å². The average Bonchev–Trinajstić information content (AvgIpc) is 2.80. The molecule has 3 aromatic rings. The number of nitrogens with zero attached hydrogens (tertiary/aromatic N) is 1. The third kappa shape index (κ3) is 6.26. The minimum Gasteiger partial charge on any atom is -0.208 e. The van der Waals surface area contributed by atoms with E-state index in [1.807, 2.05) is 13.0 Å². The summed E-state index contributed by atoms with van der Waals surface area (Å²) in [6.45, 7) is 3.48. The molecule has 0 aliphatic heterocycles. The summed E-state index contributed by atoms with van der Waals surface area (Å²) in [4.78, 5) is -0.0947. The summed E-state index contributed by atoms with van der Waals surface area (Å²) < 4.78 is 70.0. The van der Waals surface area contributed by atoms with Crippen molar-refractivity contribution in [3.05, 3.63) is 95.8 Å². The lowest BCUT2D eigenvalue weighted by atomic mass is 10.2. The van der Waals surface area contributed by atoms with Crippen molar-refractivity contribution in [3.63, 3.8) is 0 Å². The van der Waals surface area contributed by atoms with Crippen LogP contribution in [0.2, 0.25) is 0 Å². The van der Waals surface area contributed by atoms with Gasteiger partial charge < -0.3 is 0 Å². The molecule has 0 aliphatic rings. The van der Waals surface area contributed by atoms with E-state index in [4.69, 9.17) is 0 Å². The first-order chi connectivity index (χ1) is 15.6. The van der Waals surface area contributed by atoms with Crippen molar-refractivity contribution < 1.29 is 21.2 Å². The minimum absolute atomic E-state index is 0.0227. The lowest BCUT2D eigenvalue weighted by molar-refractivity contribution is 0.394. The largest absolute Gasteiger partial charge is 0.243 e. The molecule has 3 rings (SSSR count). The second-order valence-electron chi connectivity index (χ2n) is 7.75. The molecule has 0 aliphatic carbocycles. The van der Waals surface area contributed by atoms with Crippen LogP contribution in [0.1, 0.15) is 31.4 Å². The van der Waals surface area contributed by atoms with Crippen LogP contribution in [-0.2, 0) is 33.1 Å². The van der Waals surface area contributed by atoms with Crippen LogP contribution in [0.3, 0.4) is 0 Å².